The fourth-order valence-electron chi connectivity index (χ4n) is 2.32. The molecule has 0 aliphatic rings. The highest BCUT2D eigenvalue weighted by atomic mass is 127. The monoisotopic (exact) mass is 452 g/mol. The van der Waals surface area contributed by atoms with Crippen LogP contribution in [0, 0.1) is 3.57 Å². The van der Waals surface area contributed by atoms with Gasteiger partial charge < -0.3 is 4.74 Å². The number of ether oxygens (including phenoxy) is 1. The Labute approximate surface area is 161 Å². The van der Waals surface area contributed by atoms with Crippen LogP contribution in [-0.2, 0) is 5.41 Å². The molecule has 0 fully saturated rings. The maximum atomic E-state index is 12.6. The zero-order valence-corrected chi connectivity index (χ0v) is 16.9. The summed E-state index contributed by atoms with van der Waals surface area (Å²) in [5.74, 6) is 1.32. The highest BCUT2D eigenvalue weighted by Crippen LogP contribution is 2.33. The van der Waals surface area contributed by atoms with Gasteiger partial charge in [0.05, 0.1) is 5.56 Å². The van der Waals surface area contributed by atoms with E-state index in [-0.39, 0.29) is 10.5 Å². The fourth-order valence-corrected chi connectivity index (χ4v) is 4.41. The first-order valence-corrected chi connectivity index (χ1v) is 9.77. The summed E-state index contributed by atoms with van der Waals surface area (Å²) in [5, 5.41) is 0.0358. The summed E-state index contributed by atoms with van der Waals surface area (Å²) in [6.45, 7) is 8.38. The number of halogens is 1. The van der Waals surface area contributed by atoms with Crippen LogP contribution in [0.4, 0.5) is 0 Å². The zero-order chi connectivity index (χ0) is 17.6. The number of benzene rings is 2. The van der Waals surface area contributed by atoms with Gasteiger partial charge in [-0.1, -0.05) is 68.6 Å². The van der Waals surface area contributed by atoms with Crippen LogP contribution in [0.15, 0.2) is 61.2 Å². The summed E-state index contributed by atoms with van der Waals surface area (Å²) >= 11 is 3.69. The number of carbonyl (C=O) groups excluding carboxylic acids is 1. The number of rotatable bonds is 7. The molecule has 0 amide bonds. The molecule has 0 atom stereocenters. The normalized spacial score (nSPS) is 11.1. The third kappa shape index (κ3) is 4.86. The van der Waals surface area contributed by atoms with Crippen molar-refractivity contribution in [3.63, 3.8) is 0 Å². The van der Waals surface area contributed by atoms with Crippen molar-refractivity contribution in [3.05, 3.63) is 75.9 Å². The molecule has 24 heavy (non-hydrogen) atoms. The molecule has 0 radical (unpaired) electrons. The van der Waals surface area contributed by atoms with Crippen molar-refractivity contribution in [1.29, 1.82) is 0 Å². The van der Waals surface area contributed by atoms with Crippen molar-refractivity contribution >= 4 is 39.5 Å². The quantitative estimate of drug-likeness (QED) is 0.398. The fraction of sp³-hybridized carbons (Fsp3) is 0.250. The number of hydrogen-bond acceptors (Lipinski definition) is 3. The summed E-state index contributed by atoms with van der Waals surface area (Å²) < 4.78 is 6.81. The topological polar surface area (TPSA) is 26.3 Å². The van der Waals surface area contributed by atoms with Crippen LogP contribution in [0.1, 0.15) is 29.8 Å². The second-order valence-electron chi connectivity index (χ2n) is 6.04. The number of hydrogen-bond donors (Lipinski definition) is 0. The minimum absolute atomic E-state index is 0.0358. The van der Waals surface area contributed by atoms with Crippen LogP contribution < -0.4 is 4.74 Å². The van der Waals surface area contributed by atoms with E-state index in [1.165, 1.54) is 20.9 Å². The van der Waals surface area contributed by atoms with Crippen LogP contribution in [-0.4, -0.2) is 17.5 Å². The maximum absolute atomic E-state index is 12.6. The number of thioether (sulfide) groups is 1. The van der Waals surface area contributed by atoms with E-state index in [1.54, 1.807) is 6.08 Å². The lowest BCUT2D eigenvalue weighted by Gasteiger charge is -2.25. The average molecular weight is 452 g/mol. The van der Waals surface area contributed by atoms with Gasteiger partial charge in [0.25, 0.3) is 0 Å². The number of carbonyl (C=O) groups is 1. The Morgan fingerprint density at radius 3 is 2.58 bits per heavy atom. The highest BCUT2D eigenvalue weighted by molar-refractivity contribution is 14.1. The van der Waals surface area contributed by atoms with Gasteiger partial charge >= 0.3 is 0 Å². The van der Waals surface area contributed by atoms with E-state index in [2.05, 4.69) is 55.2 Å². The smallest absolute Gasteiger partial charge is 0.223 e. The molecule has 126 valence electrons. The average Bonchev–Trinajstić information content (AvgIpc) is 2.58. The van der Waals surface area contributed by atoms with Gasteiger partial charge in [0.15, 0.2) is 0 Å². The lowest BCUT2D eigenvalue weighted by Crippen LogP contribution is -2.22. The first kappa shape index (κ1) is 19.1. The first-order chi connectivity index (χ1) is 11.5. The third-order valence-corrected chi connectivity index (χ3v) is 5.92. The van der Waals surface area contributed by atoms with E-state index in [9.17, 15) is 4.79 Å². The summed E-state index contributed by atoms with van der Waals surface area (Å²) in [7, 11) is 0. The molecule has 0 N–H and O–H groups in total. The van der Waals surface area contributed by atoms with E-state index >= 15 is 0 Å². The minimum Gasteiger partial charge on any atom is -0.489 e. The molecule has 0 heterocycles. The molecule has 0 aliphatic carbocycles. The van der Waals surface area contributed by atoms with Crippen molar-refractivity contribution in [2.45, 2.75) is 19.3 Å². The Kier molecular flexibility index (Phi) is 6.92. The number of para-hydroxylation sites is 1. The Hall–Kier alpha value is -1.27. The van der Waals surface area contributed by atoms with Crippen molar-refractivity contribution in [3.8, 4) is 5.75 Å². The standard InChI is InChI=1S/C20H21IO2S/c1-4-13-23-18-12-8-5-9-15(18)19(22)24-14-20(2,3)16-10-6-7-11-17(16)21/h4-12H,1,13-14H2,2-3H3. The van der Waals surface area contributed by atoms with Gasteiger partial charge in [0, 0.05) is 14.7 Å². The van der Waals surface area contributed by atoms with Crippen molar-refractivity contribution in [2.75, 3.05) is 12.4 Å². The molecule has 0 saturated carbocycles. The molecule has 2 rings (SSSR count). The zero-order valence-electron chi connectivity index (χ0n) is 13.9. The second kappa shape index (κ2) is 8.72. The molecule has 2 aromatic carbocycles. The van der Waals surface area contributed by atoms with Gasteiger partial charge in [0.2, 0.25) is 5.12 Å². The van der Waals surface area contributed by atoms with Crippen molar-refractivity contribution in [1.82, 2.24) is 0 Å². The molecule has 0 aromatic heterocycles. The van der Waals surface area contributed by atoms with Gasteiger partial charge in [-0.05, 0) is 46.4 Å². The van der Waals surface area contributed by atoms with E-state index < -0.39 is 0 Å². The lowest BCUT2D eigenvalue weighted by atomic mass is 9.87. The van der Waals surface area contributed by atoms with Crippen LogP contribution in [0.3, 0.4) is 0 Å². The predicted octanol–water partition coefficient (Wildman–Crippen LogP) is 5.71. The third-order valence-electron chi connectivity index (χ3n) is 3.63. The molecule has 0 bridgehead atoms. The molecule has 2 aromatic rings. The molecule has 0 spiro atoms. The maximum Gasteiger partial charge on any atom is 0.223 e. The van der Waals surface area contributed by atoms with E-state index in [1.807, 2.05) is 36.4 Å². The Morgan fingerprint density at radius 2 is 1.88 bits per heavy atom. The molecular formula is C20H21IO2S. The lowest BCUT2D eigenvalue weighted by molar-refractivity contribution is 0.108. The predicted molar refractivity (Wildman–Crippen MR) is 111 cm³/mol. The molecule has 0 saturated heterocycles. The van der Waals surface area contributed by atoms with Gasteiger partial charge in [-0.3, -0.25) is 4.79 Å². The summed E-state index contributed by atoms with van der Waals surface area (Å²) in [6, 6.07) is 15.7. The van der Waals surface area contributed by atoms with Crippen LogP contribution in [0.5, 0.6) is 5.75 Å². The highest BCUT2D eigenvalue weighted by Gasteiger charge is 2.25. The molecule has 4 heteroatoms. The summed E-state index contributed by atoms with van der Waals surface area (Å²) in [6.07, 6.45) is 1.68. The van der Waals surface area contributed by atoms with Gasteiger partial charge in [0.1, 0.15) is 12.4 Å². The van der Waals surface area contributed by atoms with Crippen molar-refractivity contribution in [2.24, 2.45) is 0 Å². The molecule has 0 aliphatic heterocycles. The molecular weight excluding hydrogens is 431 g/mol. The van der Waals surface area contributed by atoms with Gasteiger partial charge in [-0.2, -0.15) is 0 Å². The van der Waals surface area contributed by atoms with E-state index in [0.29, 0.717) is 23.7 Å². The van der Waals surface area contributed by atoms with Gasteiger partial charge in [-0.25, -0.2) is 0 Å². The van der Waals surface area contributed by atoms with Gasteiger partial charge in [-0.15, -0.1) is 0 Å². The van der Waals surface area contributed by atoms with Crippen molar-refractivity contribution < 1.29 is 9.53 Å². The summed E-state index contributed by atoms with van der Waals surface area (Å²) in [5.41, 5.74) is 1.79. The SMILES string of the molecule is C=CCOc1ccccc1C(=O)SCC(C)(C)c1ccccc1I. The Morgan fingerprint density at radius 1 is 1.21 bits per heavy atom. The molecule has 2 nitrogen and oxygen atoms in total. The van der Waals surface area contributed by atoms with Crippen LogP contribution in [0.25, 0.3) is 0 Å². The Bertz CT molecular complexity index is 725. The largest absolute Gasteiger partial charge is 0.489 e. The summed E-state index contributed by atoms with van der Waals surface area (Å²) in [4.78, 5) is 12.6. The first-order valence-electron chi connectivity index (χ1n) is 7.70. The van der Waals surface area contributed by atoms with E-state index in [0.717, 1.165) is 0 Å². The minimum atomic E-state index is -0.0883. The van der Waals surface area contributed by atoms with Crippen LogP contribution in [0.2, 0.25) is 0 Å². The second-order valence-corrected chi connectivity index (χ2v) is 8.15. The Balaban J connectivity index is 2.10. The molecule has 0 unspecified atom stereocenters. The van der Waals surface area contributed by atoms with Crippen LogP contribution >= 0.6 is 34.4 Å². The van der Waals surface area contributed by atoms with E-state index in [4.69, 9.17) is 4.74 Å².